The molecular weight excluding hydrogens is 719 g/mol. The number of allylic oxidation sites excluding steroid dienone is 9. The predicted octanol–water partition coefficient (Wildman–Crippen LogP) is 14.5. The molecule has 0 heterocycles. The summed E-state index contributed by atoms with van der Waals surface area (Å²) in [5, 5.41) is 23.7. The van der Waals surface area contributed by atoms with Crippen molar-refractivity contribution < 1.29 is 24.5 Å². The second-order valence-electron chi connectivity index (χ2n) is 16.6. The van der Waals surface area contributed by atoms with Crippen LogP contribution in [0.5, 0.6) is 0 Å². The molecule has 3 atom stereocenters. The van der Waals surface area contributed by atoms with E-state index in [1.807, 2.05) is 54.7 Å². The van der Waals surface area contributed by atoms with Crippen molar-refractivity contribution in [2.75, 3.05) is 6.61 Å². The zero-order valence-electron chi connectivity index (χ0n) is 38.2. The molecule has 3 N–H and O–H groups in total. The van der Waals surface area contributed by atoms with Gasteiger partial charge in [0.1, 0.15) is 6.10 Å². The molecule has 6 heteroatoms. The van der Waals surface area contributed by atoms with Gasteiger partial charge >= 0.3 is 5.97 Å². The summed E-state index contributed by atoms with van der Waals surface area (Å²) in [5.41, 5.74) is 0. The Bertz CT molecular complexity index is 1050. The second kappa shape index (κ2) is 45.6. The normalized spacial score (nSPS) is 13.8. The van der Waals surface area contributed by atoms with Crippen LogP contribution in [0.2, 0.25) is 0 Å². The summed E-state index contributed by atoms with van der Waals surface area (Å²) in [6.07, 6.45) is 56.0. The number of rotatable bonds is 43. The summed E-state index contributed by atoms with van der Waals surface area (Å²) < 4.78 is 5.82. The van der Waals surface area contributed by atoms with Crippen LogP contribution in [0.1, 0.15) is 233 Å². The molecule has 0 aliphatic rings. The molecule has 58 heavy (non-hydrogen) atoms. The minimum Gasteiger partial charge on any atom is -0.461 e. The van der Waals surface area contributed by atoms with Crippen LogP contribution >= 0.6 is 0 Å². The number of aliphatic hydroxyl groups is 2. The zero-order valence-corrected chi connectivity index (χ0v) is 38.2. The van der Waals surface area contributed by atoms with Gasteiger partial charge in [-0.15, -0.1) is 0 Å². The van der Waals surface area contributed by atoms with Crippen molar-refractivity contribution in [3.63, 3.8) is 0 Å². The van der Waals surface area contributed by atoms with Gasteiger partial charge in [0.15, 0.2) is 0 Å². The van der Waals surface area contributed by atoms with E-state index in [0.717, 1.165) is 44.9 Å². The molecule has 0 aromatic rings. The molecule has 0 rings (SSSR count). The van der Waals surface area contributed by atoms with Crippen LogP contribution in [0, 0.1) is 0 Å². The van der Waals surface area contributed by atoms with Crippen molar-refractivity contribution in [2.24, 2.45) is 0 Å². The number of carbonyl (C=O) groups is 2. The Morgan fingerprint density at radius 2 is 0.897 bits per heavy atom. The molecule has 0 bridgehead atoms. The first-order chi connectivity index (χ1) is 28.5. The highest BCUT2D eigenvalue weighted by atomic mass is 16.5. The largest absolute Gasteiger partial charge is 0.461 e. The summed E-state index contributed by atoms with van der Waals surface area (Å²) >= 11 is 0. The minimum absolute atomic E-state index is 0.0175. The predicted molar refractivity (Wildman–Crippen MR) is 250 cm³/mol. The number of esters is 1. The molecule has 0 spiro atoms. The Morgan fingerprint density at radius 3 is 1.31 bits per heavy atom. The Morgan fingerprint density at radius 1 is 0.517 bits per heavy atom. The fraction of sp³-hybridized carbons (Fsp3) is 0.769. The lowest BCUT2D eigenvalue weighted by atomic mass is 10.0. The van der Waals surface area contributed by atoms with E-state index < -0.39 is 18.2 Å². The van der Waals surface area contributed by atoms with E-state index in [0.29, 0.717) is 19.3 Å². The van der Waals surface area contributed by atoms with Crippen molar-refractivity contribution >= 4 is 11.9 Å². The number of nitrogens with one attached hydrogen (secondary N) is 1. The highest BCUT2D eigenvalue weighted by Crippen LogP contribution is 2.17. The highest BCUT2D eigenvalue weighted by Gasteiger charge is 2.23. The molecule has 0 saturated heterocycles. The van der Waals surface area contributed by atoms with E-state index in [4.69, 9.17) is 4.74 Å². The zero-order chi connectivity index (χ0) is 42.4. The molecule has 0 aromatic carbocycles. The van der Waals surface area contributed by atoms with E-state index in [1.54, 1.807) is 0 Å². The number of amides is 1. The topological polar surface area (TPSA) is 95.9 Å². The standard InChI is InChI=1S/C52H93NO5/c1-4-7-10-13-16-19-22-23-24-25-26-27-30-32-35-38-41-44-50(55)49(47-54)53-51(56)46-48(43-40-37-34-31-28-20-17-14-11-8-5-2)58-52(57)45-42-39-36-33-29-21-18-15-12-9-6-3/h8,11,14,17,20,28,31,34,37,40,48-50,54-55H,4-7,9-10,12-13,15-16,18-19,21-27,29-30,32-33,35-36,38-39,41-47H2,1-3H3,(H,53,56)/b11-8+,17-14+,28-20-,34-31-,40-37+. The monoisotopic (exact) mass is 812 g/mol. The molecule has 6 nitrogen and oxygen atoms in total. The third kappa shape index (κ3) is 40.3. The first kappa shape index (κ1) is 55.6. The maximum atomic E-state index is 13.1. The quantitative estimate of drug-likeness (QED) is 0.0324. The Kier molecular flexibility index (Phi) is 43.7. The molecule has 336 valence electrons. The van der Waals surface area contributed by atoms with Crippen molar-refractivity contribution in [1.82, 2.24) is 5.32 Å². The molecule has 3 unspecified atom stereocenters. The van der Waals surface area contributed by atoms with Crippen LogP contribution in [0.3, 0.4) is 0 Å². The summed E-state index contributed by atoms with van der Waals surface area (Å²) in [6.45, 7) is 6.29. The first-order valence-corrected chi connectivity index (χ1v) is 24.6. The lowest BCUT2D eigenvalue weighted by molar-refractivity contribution is -0.150. The van der Waals surface area contributed by atoms with Gasteiger partial charge < -0.3 is 20.3 Å². The molecule has 0 radical (unpaired) electrons. The van der Waals surface area contributed by atoms with Gasteiger partial charge in [-0.1, -0.05) is 255 Å². The highest BCUT2D eigenvalue weighted by molar-refractivity contribution is 5.77. The average molecular weight is 812 g/mol. The van der Waals surface area contributed by atoms with Gasteiger partial charge in [0.2, 0.25) is 5.91 Å². The third-order valence-corrected chi connectivity index (χ3v) is 11.0. The minimum atomic E-state index is -0.817. The summed E-state index contributed by atoms with van der Waals surface area (Å²) in [7, 11) is 0. The summed E-state index contributed by atoms with van der Waals surface area (Å²) in [4.78, 5) is 25.9. The Hall–Kier alpha value is -2.44. The van der Waals surface area contributed by atoms with Crippen LogP contribution in [-0.4, -0.2) is 46.9 Å². The number of hydrogen-bond donors (Lipinski definition) is 3. The van der Waals surface area contributed by atoms with Crippen LogP contribution in [0.4, 0.5) is 0 Å². The van der Waals surface area contributed by atoms with Crippen molar-refractivity contribution in [1.29, 1.82) is 0 Å². The van der Waals surface area contributed by atoms with E-state index >= 15 is 0 Å². The number of hydrogen-bond acceptors (Lipinski definition) is 5. The lowest BCUT2D eigenvalue weighted by Gasteiger charge is -2.24. The van der Waals surface area contributed by atoms with Crippen LogP contribution < -0.4 is 5.32 Å². The fourth-order valence-corrected chi connectivity index (χ4v) is 7.28. The fourth-order valence-electron chi connectivity index (χ4n) is 7.28. The number of ether oxygens (including phenoxy) is 1. The molecule has 0 aromatic heterocycles. The number of carbonyl (C=O) groups excluding carboxylic acids is 2. The van der Waals surface area contributed by atoms with Gasteiger partial charge in [-0.05, 0) is 19.3 Å². The first-order valence-electron chi connectivity index (χ1n) is 24.6. The van der Waals surface area contributed by atoms with Crippen molar-refractivity contribution in [3.8, 4) is 0 Å². The molecule has 0 saturated carbocycles. The second-order valence-corrected chi connectivity index (χ2v) is 16.6. The van der Waals surface area contributed by atoms with Gasteiger partial charge in [0.25, 0.3) is 0 Å². The molecule has 0 aliphatic heterocycles. The average Bonchev–Trinajstić information content (AvgIpc) is 3.22. The maximum Gasteiger partial charge on any atom is 0.306 e. The molecule has 0 fully saturated rings. The van der Waals surface area contributed by atoms with Gasteiger partial charge in [-0.2, -0.15) is 0 Å². The SMILES string of the molecule is CC/C=C/C=C/C=C\C=C/C=C/CC(CC(=O)NC(CO)C(O)CCCCCCCCCCCCCCCCCCC)OC(=O)CCCCCCCCCCCCC. The van der Waals surface area contributed by atoms with E-state index in [2.05, 4.69) is 32.2 Å². The number of aliphatic hydroxyl groups excluding tert-OH is 2. The van der Waals surface area contributed by atoms with Gasteiger partial charge in [0.05, 0.1) is 25.2 Å². The van der Waals surface area contributed by atoms with Gasteiger partial charge in [0, 0.05) is 12.8 Å². The Labute approximate surface area is 358 Å². The van der Waals surface area contributed by atoms with Gasteiger partial charge in [-0.25, -0.2) is 0 Å². The van der Waals surface area contributed by atoms with E-state index in [9.17, 15) is 19.8 Å². The van der Waals surface area contributed by atoms with Gasteiger partial charge in [-0.3, -0.25) is 9.59 Å². The van der Waals surface area contributed by atoms with Crippen LogP contribution in [-0.2, 0) is 14.3 Å². The van der Waals surface area contributed by atoms with Crippen molar-refractivity contribution in [3.05, 3.63) is 60.8 Å². The summed E-state index contributed by atoms with van der Waals surface area (Å²) in [5.74, 6) is -0.606. The van der Waals surface area contributed by atoms with Crippen LogP contribution in [0.25, 0.3) is 0 Å². The smallest absolute Gasteiger partial charge is 0.306 e. The number of unbranched alkanes of at least 4 members (excludes halogenated alkanes) is 26. The summed E-state index contributed by atoms with van der Waals surface area (Å²) in [6, 6.07) is -0.738. The molecule has 0 aliphatic carbocycles. The maximum absolute atomic E-state index is 13.1. The van der Waals surface area contributed by atoms with E-state index in [1.165, 1.54) is 141 Å². The van der Waals surface area contributed by atoms with Crippen molar-refractivity contribution in [2.45, 2.75) is 251 Å². The third-order valence-electron chi connectivity index (χ3n) is 11.0. The van der Waals surface area contributed by atoms with E-state index in [-0.39, 0.29) is 24.9 Å². The lowest BCUT2D eigenvalue weighted by Crippen LogP contribution is -2.46. The molecule has 1 amide bonds. The van der Waals surface area contributed by atoms with Crippen LogP contribution in [0.15, 0.2) is 60.8 Å². The molecular formula is C52H93NO5. The Balaban J connectivity index is 4.58.